The van der Waals surface area contributed by atoms with Crippen molar-refractivity contribution in [2.75, 3.05) is 20.8 Å². The lowest BCUT2D eigenvalue weighted by Gasteiger charge is -2.23. The number of ether oxygens (including phenoxy) is 2. The van der Waals surface area contributed by atoms with Crippen molar-refractivity contribution in [3.8, 4) is 0 Å². The molecule has 1 aromatic heterocycles. The second-order valence-electron chi connectivity index (χ2n) is 4.60. The zero-order valence-electron chi connectivity index (χ0n) is 11.3. The predicted octanol–water partition coefficient (Wildman–Crippen LogP) is 1.38. The predicted molar refractivity (Wildman–Crippen MR) is 68.4 cm³/mol. The van der Waals surface area contributed by atoms with Crippen LogP contribution in [0.25, 0.3) is 0 Å². The van der Waals surface area contributed by atoms with Gasteiger partial charge in [0.05, 0.1) is 24.0 Å². The van der Waals surface area contributed by atoms with E-state index >= 15 is 0 Å². The molecule has 5 nitrogen and oxygen atoms in total. The van der Waals surface area contributed by atoms with Crippen molar-refractivity contribution in [2.24, 2.45) is 0 Å². The van der Waals surface area contributed by atoms with Crippen molar-refractivity contribution in [3.63, 3.8) is 0 Å². The van der Waals surface area contributed by atoms with Gasteiger partial charge in [0, 0.05) is 26.4 Å². The molecule has 0 radical (unpaired) electrons. The fraction of sp³-hybridized carbons (Fsp3) is 0.538. The minimum Gasteiger partial charge on any atom is -0.465 e. The Labute approximate surface area is 108 Å². The number of esters is 1. The third-order valence-electron chi connectivity index (χ3n) is 2.66. The normalized spacial score (nSPS) is 11.3. The van der Waals surface area contributed by atoms with Crippen LogP contribution in [0.4, 0.5) is 0 Å². The zero-order valence-corrected chi connectivity index (χ0v) is 11.3. The quantitative estimate of drug-likeness (QED) is 0.775. The molecule has 0 aliphatic rings. The van der Waals surface area contributed by atoms with E-state index in [4.69, 9.17) is 4.74 Å². The van der Waals surface area contributed by atoms with E-state index in [9.17, 15) is 4.79 Å². The van der Waals surface area contributed by atoms with Crippen molar-refractivity contribution in [2.45, 2.75) is 26.0 Å². The number of rotatable bonds is 6. The van der Waals surface area contributed by atoms with Gasteiger partial charge in [-0.3, -0.25) is 4.98 Å². The van der Waals surface area contributed by atoms with Crippen LogP contribution < -0.4 is 5.32 Å². The maximum atomic E-state index is 11.2. The highest BCUT2D eigenvalue weighted by molar-refractivity contribution is 5.88. The molecule has 100 valence electrons. The molecule has 0 spiro atoms. The highest BCUT2D eigenvalue weighted by Crippen LogP contribution is 2.06. The standard InChI is InChI=1S/C13H20N2O3/c1-13(2,18-4)9-14-8-11-6-5-10(7-15-11)12(16)17-3/h5-7,14H,8-9H2,1-4H3. The first-order chi connectivity index (χ1) is 8.48. The largest absolute Gasteiger partial charge is 0.465 e. The van der Waals surface area contributed by atoms with Crippen molar-refractivity contribution in [1.29, 1.82) is 0 Å². The highest BCUT2D eigenvalue weighted by Gasteiger charge is 2.15. The van der Waals surface area contributed by atoms with E-state index in [0.717, 1.165) is 12.2 Å². The van der Waals surface area contributed by atoms with E-state index in [1.165, 1.54) is 13.3 Å². The lowest BCUT2D eigenvalue weighted by Crippen LogP contribution is -2.36. The van der Waals surface area contributed by atoms with E-state index in [1.54, 1.807) is 19.2 Å². The van der Waals surface area contributed by atoms with E-state index < -0.39 is 0 Å². The van der Waals surface area contributed by atoms with E-state index in [1.807, 2.05) is 13.8 Å². The van der Waals surface area contributed by atoms with Crippen LogP contribution in [-0.2, 0) is 16.0 Å². The molecule has 1 aromatic rings. The summed E-state index contributed by atoms with van der Waals surface area (Å²) >= 11 is 0. The summed E-state index contributed by atoms with van der Waals surface area (Å²) in [6.07, 6.45) is 1.52. The first-order valence-corrected chi connectivity index (χ1v) is 5.77. The molecule has 0 saturated heterocycles. The first kappa shape index (κ1) is 14.6. The van der Waals surface area contributed by atoms with Crippen LogP contribution in [0.5, 0.6) is 0 Å². The molecule has 18 heavy (non-hydrogen) atoms. The molecule has 0 unspecified atom stereocenters. The number of carbonyl (C=O) groups is 1. The molecule has 0 bridgehead atoms. The van der Waals surface area contributed by atoms with Gasteiger partial charge in [0.25, 0.3) is 0 Å². The SMILES string of the molecule is COC(=O)c1ccc(CNCC(C)(C)OC)nc1. The van der Waals surface area contributed by atoms with E-state index in [0.29, 0.717) is 12.1 Å². The topological polar surface area (TPSA) is 60.5 Å². The molecule has 5 heteroatoms. The number of carbonyl (C=O) groups excluding carboxylic acids is 1. The average Bonchev–Trinajstić information content (AvgIpc) is 2.38. The maximum absolute atomic E-state index is 11.2. The Balaban J connectivity index is 2.47. The number of aromatic nitrogens is 1. The molecule has 1 heterocycles. The van der Waals surface area contributed by atoms with Gasteiger partial charge in [-0.05, 0) is 26.0 Å². The van der Waals surface area contributed by atoms with Crippen LogP contribution in [0.1, 0.15) is 29.9 Å². The van der Waals surface area contributed by atoms with Gasteiger partial charge in [0.2, 0.25) is 0 Å². The van der Waals surface area contributed by atoms with E-state index in [2.05, 4.69) is 15.0 Å². The van der Waals surface area contributed by atoms with Gasteiger partial charge >= 0.3 is 5.97 Å². The van der Waals surface area contributed by atoms with Gasteiger partial charge in [0.15, 0.2) is 0 Å². The van der Waals surface area contributed by atoms with Crippen LogP contribution in [0.3, 0.4) is 0 Å². The van der Waals surface area contributed by atoms with Gasteiger partial charge in [-0.25, -0.2) is 4.79 Å². The van der Waals surface area contributed by atoms with Crippen LogP contribution in [0, 0.1) is 0 Å². The van der Waals surface area contributed by atoms with Gasteiger partial charge in [0.1, 0.15) is 0 Å². The smallest absolute Gasteiger partial charge is 0.339 e. The molecule has 1 rings (SSSR count). The Kier molecular flexibility index (Phi) is 5.25. The summed E-state index contributed by atoms with van der Waals surface area (Å²) in [5.41, 5.74) is 1.12. The fourth-order valence-corrected chi connectivity index (χ4v) is 1.33. The Morgan fingerprint density at radius 2 is 2.11 bits per heavy atom. The molecule has 0 fully saturated rings. The van der Waals surface area contributed by atoms with Crippen molar-refractivity contribution >= 4 is 5.97 Å². The summed E-state index contributed by atoms with van der Waals surface area (Å²) in [6, 6.07) is 3.51. The minimum absolute atomic E-state index is 0.202. The molecule has 0 amide bonds. The van der Waals surface area contributed by atoms with Crippen LogP contribution in [0.15, 0.2) is 18.3 Å². The summed E-state index contributed by atoms with van der Waals surface area (Å²) in [7, 11) is 3.04. The third kappa shape index (κ3) is 4.43. The van der Waals surface area contributed by atoms with Gasteiger partial charge in [-0.1, -0.05) is 0 Å². The Morgan fingerprint density at radius 3 is 2.61 bits per heavy atom. The summed E-state index contributed by atoms with van der Waals surface area (Å²) < 4.78 is 9.90. The number of nitrogens with one attached hydrogen (secondary N) is 1. The number of methoxy groups -OCH3 is 2. The minimum atomic E-state index is -0.373. The molecular weight excluding hydrogens is 232 g/mol. The second kappa shape index (κ2) is 6.47. The maximum Gasteiger partial charge on any atom is 0.339 e. The van der Waals surface area contributed by atoms with Crippen molar-refractivity contribution < 1.29 is 14.3 Å². The van der Waals surface area contributed by atoms with Gasteiger partial charge in [-0.2, -0.15) is 0 Å². The second-order valence-corrected chi connectivity index (χ2v) is 4.60. The highest BCUT2D eigenvalue weighted by atomic mass is 16.5. The number of hydrogen-bond donors (Lipinski definition) is 1. The fourth-order valence-electron chi connectivity index (χ4n) is 1.33. The van der Waals surface area contributed by atoms with Crippen LogP contribution in [0.2, 0.25) is 0 Å². The monoisotopic (exact) mass is 252 g/mol. The van der Waals surface area contributed by atoms with Crippen LogP contribution in [-0.4, -0.2) is 37.3 Å². The molecular formula is C13H20N2O3. The third-order valence-corrected chi connectivity index (χ3v) is 2.66. The molecule has 0 saturated carbocycles. The summed E-state index contributed by atoms with van der Waals surface area (Å²) in [5.74, 6) is -0.373. The summed E-state index contributed by atoms with van der Waals surface area (Å²) in [5, 5.41) is 3.25. The summed E-state index contributed by atoms with van der Waals surface area (Å²) in [4.78, 5) is 15.4. The lowest BCUT2D eigenvalue weighted by molar-refractivity contribution is 0.0230. The zero-order chi connectivity index (χ0) is 13.6. The van der Waals surface area contributed by atoms with Crippen LogP contribution >= 0.6 is 0 Å². The van der Waals surface area contributed by atoms with Crippen molar-refractivity contribution in [3.05, 3.63) is 29.6 Å². The Bertz CT molecular complexity index is 388. The number of nitrogens with zero attached hydrogens (tertiary/aromatic N) is 1. The van der Waals surface area contributed by atoms with Gasteiger partial charge < -0.3 is 14.8 Å². The molecule has 1 N–H and O–H groups in total. The molecule has 0 atom stereocenters. The Morgan fingerprint density at radius 1 is 1.39 bits per heavy atom. The number of hydrogen-bond acceptors (Lipinski definition) is 5. The lowest BCUT2D eigenvalue weighted by atomic mass is 10.1. The molecule has 0 aliphatic carbocycles. The van der Waals surface area contributed by atoms with Crippen molar-refractivity contribution in [1.82, 2.24) is 10.3 Å². The first-order valence-electron chi connectivity index (χ1n) is 5.77. The number of pyridine rings is 1. The average molecular weight is 252 g/mol. The van der Waals surface area contributed by atoms with Gasteiger partial charge in [-0.15, -0.1) is 0 Å². The summed E-state index contributed by atoms with van der Waals surface area (Å²) in [6.45, 7) is 5.37. The molecule has 0 aliphatic heterocycles. The Hall–Kier alpha value is -1.46. The van der Waals surface area contributed by atoms with E-state index in [-0.39, 0.29) is 11.6 Å². The molecule has 0 aromatic carbocycles.